The van der Waals surface area contributed by atoms with Gasteiger partial charge in [-0.1, -0.05) is 19.1 Å². The van der Waals surface area contributed by atoms with Gasteiger partial charge in [0, 0.05) is 38.8 Å². The molecule has 0 spiro atoms. The van der Waals surface area contributed by atoms with E-state index in [2.05, 4.69) is 32.8 Å². The Labute approximate surface area is 167 Å². The quantitative estimate of drug-likeness (QED) is 0.345. The van der Waals surface area contributed by atoms with Gasteiger partial charge in [0.25, 0.3) is 5.91 Å². The monoisotopic (exact) mass is 459 g/mol. The highest BCUT2D eigenvalue weighted by Gasteiger charge is 2.22. The molecule has 0 aliphatic carbocycles. The van der Waals surface area contributed by atoms with Crippen LogP contribution in [0.1, 0.15) is 35.7 Å². The topological polar surface area (TPSA) is 68.8 Å². The Morgan fingerprint density at radius 2 is 2.16 bits per heavy atom. The van der Waals surface area contributed by atoms with E-state index in [0.717, 1.165) is 24.6 Å². The number of halogens is 1. The van der Waals surface area contributed by atoms with Gasteiger partial charge in [0.2, 0.25) is 0 Å². The van der Waals surface area contributed by atoms with Crippen LogP contribution in [0.5, 0.6) is 0 Å². The Morgan fingerprint density at radius 3 is 2.84 bits per heavy atom. The summed E-state index contributed by atoms with van der Waals surface area (Å²) in [6.45, 7) is 6.05. The predicted octanol–water partition coefficient (Wildman–Crippen LogP) is 1.81. The minimum Gasteiger partial charge on any atom is -0.355 e. The smallest absolute Gasteiger partial charge is 0.251 e. The Morgan fingerprint density at radius 1 is 1.36 bits per heavy atom. The summed E-state index contributed by atoms with van der Waals surface area (Å²) in [6, 6.07) is 8.20. The molecule has 140 valence electrons. The Kier molecular flexibility index (Phi) is 9.81. The lowest BCUT2D eigenvalue weighted by Crippen LogP contribution is -2.44. The second-order valence-corrected chi connectivity index (χ2v) is 6.01. The Bertz CT molecular complexity index is 578. The van der Waals surface area contributed by atoms with Crippen molar-refractivity contribution >= 4 is 35.8 Å². The summed E-state index contributed by atoms with van der Waals surface area (Å²) in [6.07, 6.45) is 2.52. The molecule has 1 unspecified atom stereocenters. The van der Waals surface area contributed by atoms with Gasteiger partial charge in [-0.05, 0) is 43.6 Å². The van der Waals surface area contributed by atoms with Crippen molar-refractivity contribution in [2.75, 3.05) is 33.7 Å². The molecule has 2 rings (SSSR count). The number of likely N-dealkylation sites (N-methyl/N-ethyl adjacent to an activating group) is 1. The van der Waals surface area contributed by atoms with E-state index < -0.39 is 0 Å². The van der Waals surface area contributed by atoms with E-state index in [-0.39, 0.29) is 29.9 Å². The lowest BCUT2D eigenvalue weighted by molar-refractivity contribution is 0.0963. The molecule has 0 bridgehead atoms. The van der Waals surface area contributed by atoms with Crippen LogP contribution >= 0.6 is 24.0 Å². The molecule has 0 aromatic heterocycles. The van der Waals surface area contributed by atoms with Gasteiger partial charge in [0.05, 0.1) is 0 Å². The molecular weight excluding hydrogens is 429 g/mol. The van der Waals surface area contributed by atoms with Gasteiger partial charge in [-0.3, -0.25) is 14.7 Å². The number of likely N-dealkylation sites (tertiary alicyclic amines) is 1. The summed E-state index contributed by atoms with van der Waals surface area (Å²) in [5.41, 5.74) is 1.72. The first-order valence-electron chi connectivity index (χ1n) is 8.67. The van der Waals surface area contributed by atoms with Crippen molar-refractivity contribution in [2.24, 2.45) is 4.99 Å². The molecule has 1 heterocycles. The third-order valence-corrected chi connectivity index (χ3v) is 4.51. The first kappa shape index (κ1) is 21.7. The largest absolute Gasteiger partial charge is 0.355 e. The summed E-state index contributed by atoms with van der Waals surface area (Å²) in [7, 11) is 3.42. The van der Waals surface area contributed by atoms with Gasteiger partial charge in [-0.2, -0.15) is 0 Å². The van der Waals surface area contributed by atoms with Gasteiger partial charge in [-0.25, -0.2) is 0 Å². The number of nitrogens with zero attached hydrogens (tertiary/aromatic N) is 2. The summed E-state index contributed by atoms with van der Waals surface area (Å²) in [5.74, 6) is 0.726. The third-order valence-electron chi connectivity index (χ3n) is 4.51. The predicted molar refractivity (Wildman–Crippen MR) is 114 cm³/mol. The Hall–Kier alpha value is -1.35. The number of hydrogen-bond donors (Lipinski definition) is 3. The summed E-state index contributed by atoms with van der Waals surface area (Å²) in [4.78, 5) is 18.5. The molecule has 0 saturated carbocycles. The average molecular weight is 459 g/mol. The van der Waals surface area contributed by atoms with Crippen molar-refractivity contribution in [3.63, 3.8) is 0 Å². The van der Waals surface area contributed by atoms with E-state index in [1.54, 1.807) is 14.1 Å². The third kappa shape index (κ3) is 6.47. The SMILES string of the molecule is CCN1CCCC1CNC(=NC)NCc1cccc(C(=O)NC)c1.I. The molecule has 3 N–H and O–H groups in total. The first-order chi connectivity index (χ1) is 11.7. The van der Waals surface area contributed by atoms with E-state index in [4.69, 9.17) is 0 Å². The first-order valence-corrected chi connectivity index (χ1v) is 8.67. The average Bonchev–Trinajstić information content (AvgIpc) is 3.09. The van der Waals surface area contributed by atoms with Crippen molar-refractivity contribution in [3.8, 4) is 0 Å². The molecule has 1 aromatic rings. The second-order valence-electron chi connectivity index (χ2n) is 6.01. The van der Waals surface area contributed by atoms with Crippen LogP contribution in [0.2, 0.25) is 0 Å². The van der Waals surface area contributed by atoms with Crippen LogP contribution in [0.3, 0.4) is 0 Å². The van der Waals surface area contributed by atoms with Crippen LogP contribution in [0, 0.1) is 0 Å². The van der Waals surface area contributed by atoms with Crippen LogP contribution < -0.4 is 16.0 Å². The van der Waals surface area contributed by atoms with E-state index >= 15 is 0 Å². The normalized spacial score (nSPS) is 17.7. The van der Waals surface area contributed by atoms with Crippen LogP contribution in [-0.4, -0.2) is 56.5 Å². The number of carbonyl (C=O) groups excluding carboxylic acids is 1. The fourth-order valence-corrected chi connectivity index (χ4v) is 3.13. The summed E-state index contributed by atoms with van der Waals surface area (Å²) in [5, 5.41) is 9.37. The van der Waals surface area contributed by atoms with Crippen molar-refractivity contribution < 1.29 is 4.79 Å². The van der Waals surface area contributed by atoms with Crippen molar-refractivity contribution in [1.82, 2.24) is 20.9 Å². The van der Waals surface area contributed by atoms with Crippen LogP contribution in [-0.2, 0) is 6.54 Å². The maximum absolute atomic E-state index is 11.7. The highest BCUT2D eigenvalue weighted by Crippen LogP contribution is 2.15. The number of guanidine groups is 1. The number of aliphatic imine (C=N–C) groups is 1. The van der Waals surface area contributed by atoms with Gasteiger partial charge in [0.15, 0.2) is 5.96 Å². The number of rotatable bonds is 6. The molecule has 1 saturated heterocycles. The zero-order valence-electron chi connectivity index (χ0n) is 15.3. The van der Waals surface area contributed by atoms with Gasteiger partial charge < -0.3 is 16.0 Å². The van der Waals surface area contributed by atoms with Crippen LogP contribution in [0.4, 0.5) is 0 Å². The molecule has 1 aromatic carbocycles. The van der Waals surface area contributed by atoms with Crippen molar-refractivity contribution in [1.29, 1.82) is 0 Å². The Balaban J connectivity index is 0.00000312. The lowest BCUT2D eigenvalue weighted by Gasteiger charge is -2.24. The van der Waals surface area contributed by atoms with Crippen molar-refractivity contribution in [2.45, 2.75) is 32.4 Å². The molecule has 1 amide bonds. The van der Waals surface area contributed by atoms with E-state index in [0.29, 0.717) is 18.2 Å². The number of carbonyl (C=O) groups is 1. The molecule has 1 fully saturated rings. The van der Waals surface area contributed by atoms with E-state index in [1.807, 2.05) is 24.3 Å². The molecule has 7 heteroatoms. The standard InChI is InChI=1S/C18H29N5O.HI/c1-4-23-10-6-9-16(23)13-22-18(20-3)21-12-14-7-5-8-15(11-14)17(24)19-2;/h5,7-8,11,16H,4,6,9-10,12-13H2,1-3H3,(H,19,24)(H2,20,21,22);1H. The van der Waals surface area contributed by atoms with Crippen LogP contribution in [0.15, 0.2) is 29.3 Å². The number of nitrogens with one attached hydrogen (secondary N) is 3. The van der Waals surface area contributed by atoms with Crippen LogP contribution in [0.25, 0.3) is 0 Å². The molecule has 1 aliphatic rings. The highest BCUT2D eigenvalue weighted by molar-refractivity contribution is 14.0. The summed E-state index contributed by atoms with van der Waals surface area (Å²) >= 11 is 0. The maximum atomic E-state index is 11.7. The van der Waals surface area contributed by atoms with E-state index in [1.165, 1.54) is 19.4 Å². The lowest BCUT2D eigenvalue weighted by atomic mass is 10.1. The van der Waals surface area contributed by atoms with Gasteiger partial charge >= 0.3 is 0 Å². The zero-order valence-corrected chi connectivity index (χ0v) is 17.7. The molecule has 25 heavy (non-hydrogen) atoms. The molecular formula is C18H30IN5O. The number of hydrogen-bond acceptors (Lipinski definition) is 3. The highest BCUT2D eigenvalue weighted by atomic mass is 127. The van der Waals surface area contributed by atoms with Gasteiger partial charge in [0.1, 0.15) is 0 Å². The molecule has 1 atom stereocenters. The summed E-state index contributed by atoms with van der Waals surface area (Å²) < 4.78 is 0. The van der Waals surface area contributed by atoms with Gasteiger partial charge in [-0.15, -0.1) is 24.0 Å². The number of amides is 1. The fraction of sp³-hybridized carbons (Fsp3) is 0.556. The maximum Gasteiger partial charge on any atom is 0.251 e. The minimum atomic E-state index is -0.0692. The molecule has 1 aliphatic heterocycles. The molecule has 0 radical (unpaired) electrons. The fourth-order valence-electron chi connectivity index (χ4n) is 3.13. The second kappa shape index (κ2) is 11.3. The number of benzene rings is 1. The molecule has 6 nitrogen and oxygen atoms in total. The minimum absolute atomic E-state index is 0. The van der Waals surface area contributed by atoms with E-state index in [9.17, 15) is 4.79 Å². The zero-order chi connectivity index (χ0) is 17.4. The van der Waals surface area contributed by atoms with Crippen molar-refractivity contribution in [3.05, 3.63) is 35.4 Å².